The number of ether oxygens (including phenoxy) is 2. The van der Waals surface area contributed by atoms with Gasteiger partial charge in [-0.25, -0.2) is 0 Å². The quantitative estimate of drug-likeness (QED) is 0.454. The molecule has 31 heavy (non-hydrogen) atoms. The van der Waals surface area contributed by atoms with Crippen molar-refractivity contribution < 1.29 is 18.7 Å². The van der Waals surface area contributed by atoms with Crippen LogP contribution in [0.2, 0.25) is 0 Å². The summed E-state index contributed by atoms with van der Waals surface area (Å²) in [6, 6.07) is 9.90. The molecule has 0 radical (unpaired) electrons. The van der Waals surface area contributed by atoms with Crippen LogP contribution in [0.1, 0.15) is 38.8 Å². The smallest absolute Gasteiger partial charge is 0.244 e. The Balaban J connectivity index is 2.16. The Hall–Kier alpha value is -3.21. The van der Waals surface area contributed by atoms with Gasteiger partial charge in [-0.3, -0.25) is 4.79 Å². The maximum Gasteiger partial charge on any atom is 0.244 e. The highest BCUT2D eigenvalue weighted by Gasteiger charge is 2.20. The molecule has 5 heteroatoms. The second-order valence-electron chi connectivity index (χ2n) is 8.00. The van der Waals surface area contributed by atoms with Crippen molar-refractivity contribution in [3.05, 3.63) is 53.8 Å². The number of carbonyl (C=O) groups is 1. The van der Waals surface area contributed by atoms with Crippen molar-refractivity contribution in [2.75, 3.05) is 20.3 Å². The van der Waals surface area contributed by atoms with Crippen molar-refractivity contribution in [3.8, 4) is 22.6 Å². The summed E-state index contributed by atoms with van der Waals surface area (Å²) in [4.78, 5) is 12.4. The van der Waals surface area contributed by atoms with Crippen LogP contribution >= 0.6 is 0 Å². The first-order valence-corrected chi connectivity index (χ1v) is 10.6. The number of fused-ring (bicyclic) bond motifs is 1. The molecule has 0 fully saturated rings. The number of amides is 1. The molecule has 0 aliphatic heterocycles. The molecule has 0 saturated heterocycles. The summed E-state index contributed by atoms with van der Waals surface area (Å²) in [5, 5.41) is 3.90. The molecule has 0 spiro atoms. The van der Waals surface area contributed by atoms with E-state index in [1.165, 1.54) is 0 Å². The lowest BCUT2D eigenvalue weighted by Gasteiger charge is -2.15. The number of allylic oxidation sites excluding steroid dienone is 1. The average molecular weight is 422 g/mol. The first kappa shape index (κ1) is 22.5. The second kappa shape index (κ2) is 9.73. The first-order chi connectivity index (χ1) is 14.9. The van der Waals surface area contributed by atoms with Crippen LogP contribution in [0.15, 0.2) is 47.1 Å². The van der Waals surface area contributed by atoms with Crippen molar-refractivity contribution in [3.63, 3.8) is 0 Å². The van der Waals surface area contributed by atoms with Crippen LogP contribution < -0.4 is 14.8 Å². The largest absolute Gasteiger partial charge is 0.496 e. The van der Waals surface area contributed by atoms with Gasteiger partial charge in [0.05, 0.1) is 20.0 Å². The summed E-state index contributed by atoms with van der Waals surface area (Å²) in [7, 11) is 1.66. The highest BCUT2D eigenvalue weighted by Crippen LogP contribution is 2.42. The molecule has 5 nitrogen and oxygen atoms in total. The van der Waals surface area contributed by atoms with E-state index in [4.69, 9.17) is 13.9 Å². The van der Waals surface area contributed by atoms with Gasteiger partial charge >= 0.3 is 0 Å². The lowest BCUT2D eigenvalue weighted by molar-refractivity contribution is -0.116. The number of para-hydroxylation sites is 1. The van der Waals surface area contributed by atoms with Gasteiger partial charge in [0.2, 0.25) is 5.91 Å². The molecule has 0 saturated carbocycles. The summed E-state index contributed by atoms with van der Waals surface area (Å²) >= 11 is 0. The zero-order valence-electron chi connectivity index (χ0n) is 19.2. The van der Waals surface area contributed by atoms with E-state index < -0.39 is 0 Å². The summed E-state index contributed by atoms with van der Waals surface area (Å²) in [5.41, 5.74) is 5.29. The van der Waals surface area contributed by atoms with Gasteiger partial charge in [0.15, 0.2) is 0 Å². The number of nitrogens with one attached hydrogen (secondary N) is 1. The Morgan fingerprint density at radius 1 is 1.23 bits per heavy atom. The van der Waals surface area contributed by atoms with Gasteiger partial charge in [-0.15, -0.1) is 0 Å². The lowest BCUT2D eigenvalue weighted by Crippen LogP contribution is -2.25. The van der Waals surface area contributed by atoms with Gasteiger partial charge in [0.1, 0.15) is 17.1 Å². The standard InChI is InChI=1S/C26H31NO4/c1-7-30-25-18(5)26-21(13-20(25)17(4)12-24(28)27-14-16(2)3)22(15-31-26)19-10-8-9-11-23(19)29-6/h8-13,15-16H,7,14H2,1-6H3,(H,27,28)/b17-12+. The molecular weight excluding hydrogens is 390 g/mol. The Kier molecular flexibility index (Phi) is 7.06. The second-order valence-corrected chi connectivity index (χ2v) is 8.00. The highest BCUT2D eigenvalue weighted by molar-refractivity contribution is 6.02. The summed E-state index contributed by atoms with van der Waals surface area (Å²) < 4.78 is 17.5. The summed E-state index contributed by atoms with van der Waals surface area (Å²) in [6.07, 6.45) is 3.39. The molecule has 1 N–H and O–H groups in total. The molecule has 0 unspecified atom stereocenters. The molecule has 0 aliphatic carbocycles. The number of carbonyl (C=O) groups excluding carboxylic acids is 1. The molecule has 164 valence electrons. The Bertz CT molecular complexity index is 1110. The van der Waals surface area contributed by atoms with Gasteiger partial charge in [0, 0.05) is 40.3 Å². The third-order valence-corrected chi connectivity index (χ3v) is 5.19. The van der Waals surface area contributed by atoms with E-state index in [2.05, 4.69) is 19.2 Å². The van der Waals surface area contributed by atoms with Gasteiger partial charge in [-0.2, -0.15) is 0 Å². The molecule has 0 aliphatic rings. The van der Waals surface area contributed by atoms with Crippen LogP contribution in [0, 0.1) is 12.8 Å². The van der Waals surface area contributed by atoms with E-state index in [-0.39, 0.29) is 5.91 Å². The SMILES string of the molecule is CCOc1c(/C(C)=C/C(=O)NCC(C)C)cc2c(-c3ccccc3OC)coc2c1C. The molecule has 1 aromatic heterocycles. The average Bonchev–Trinajstić information content (AvgIpc) is 3.18. The minimum Gasteiger partial charge on any atom is -0.496 e. The number of hydrogen-bond acceptors (Lipinski definition) is 4. The van der Waals surface area contributed by atoms with Crippen molar-refractivity contribution in [2.24, 2.45) is 5.92 Å². The van der Waals surface area contributed by atoms with E-state index in [9.17, 15) is 4.79 Å². The van der Waals surface area contributed by atoms with Crippen molar-refractivity contribution in [1.29, 1.82) is 0 Å². The summed E-state index contributed by atoms with van der Waals surface area (Å²) in [5.74, 6) is 1.80. The van der Waals surface area contributed by atoms with Crippen LogP contribution in [0.3, 0.4) is 0 Å². The van der Waals surface area contributed by atoms with E-state index in [0.29, 0.717) is 19.1 Å². The molecule has 0 atom stereocenters. The fraction of sp³-hybridized carbons (Fsp3) is 0.346. The monoisotopic (exact) mass is 421 g/mol. The van der Waals surface area contributed by atoms with E-state index >= 15 is 0 Å². The lowest BCUT2D eigenvalue weighted by atomic mass is 9.96. The van der Waals surface area contributed by atoms with E-state index in [1.54, 1.807) is 19.4 Å². The maximum absolute atomic E-state index is 12.4. The molecule has 3 aromatic rings. The third kappa shape index (κ3) is 4.76. The topological polar surface area (TPSA) is 60.7 Å². The predicted octanol–water partition coefficient (Wildman–Crippen LogP) is 5.99. The van der Waals surface area contributed by atoms with Crippen LogP contribution in [-0.4, -0.2) is 26.2 Å². The number of aryl methyl sites for hydroxylation is 1. The minimum absolute atomic E-state index is 0.108. The molecule has 1 heterocycles. The van der Waals surface area contributed by atoms with E-state index in [0.717, 1.165) is 50.3 Å². The Morgan fingerprint density at radius 2 is 1.97 bits per heavy atom. The molecule has 3 rings (SSSR count). The maximum atomic E-state index is 12.4. The summed E-state index contributed by atoms with van der Waals surface area (Å²) in [6.45, 7) is 11.2. The predicted molar refractivity (Wildman–Crippen MR) is 126 cm³/mol. The zero-order chi connectivity index (χ0) is 22.5. The van der Waals surface area contributed by atoms with Crippen LogP contribution in [0.5, 0.6) is 11.5 Å². The fourth-order valence-electron chi connectivity index (χ4n) is 3.64. The molecule has 0 bridgehead atoms. The zero-order valence-corrected chi connectivity index (χ0v) is 19.2. The number of rotatable bonds is 8. The van der Waals surface area contributed by atoms with E-state index in [1.807, 2.05) is 51.1 Å². The molecular formula is C26H31NO4. The third-order valence-electron chi connectivity index (χ3n) is 5.19. The molecule has 2 aromatic carbocycles. The first-order valence-electron chi connectivity index (χ1n) is 10.6. The van der Waals surface area contributed by atoms with Crippen molar-refractivity contribution >= 4 is 22.4 Å². The highest BCUT2D eigenvalue weighted by atomic mass is 16.5. The number of benzene rings is 2. The Labute approximate surface area is 184 Å². The van der Waals surface area contributed by atoms with Gasteiger partial charge < -0.3 is 19.2 Å². The van der Waals surface area contributed by atoms with Gasteiger partial charge in [0.25, 0.3) is 0 Å². The number of hydrogen-bond donors (Lipinski definition) is 1. The normalized spacial score (nSPS) is 11.8. The minimum atomic E-state index is -0.108. The van der Waals surface area contributed by atoms with Gasteiger partial charge in [-0.05, 0) is 44.4 Å². The van der Waals surface area contributed by atoms with Gasteiger partial charge in [-0.1, -0.05) is 32.0 Å². The number of methoxy groups -OCH3 is 1. The van der Waals surface area contributed by atoms with Crippen molar-refractivity contribution in [2.45, 2.75) is 34.6 Å². The van der Waals surface area contributed by atoms with Crippen LogP contribution in [0.4, 0.5) is 0 Å². The fourth-order valence-corrected chi connectivity index (χ4v) is 3.64. The molecule has 1 amide bonds. The number of furan rings is 1. The Morgan fingerprint density at radius 3 is 2.65 bits per heavy atom. The van der Waals surface area contributed by atoms with Crippen LogP contribution in [-0.2, 0) is 4.79 Å². The van der Waals surface area contributed by atoms with Crippen LogP contribution in [0.25, 0.3) is 27.7 Å². The van der Waals surface area contributed by atoms with Crippen molar-refractivity contribution in [1.82, 2.24) is 5.32 Å².